The van der Waals surface area contributed by atoms with Crippen molar-refractivity contribution in [3.8, 4) is 0 Å². The lowest BCUT2D eigenvalue weighted by Crippen LogP contribution is -2.57. The number of carbonyl (C=O) groups is 2. The maximum Gasteiger partial charge on any atom is 0.248 e. The van der Waals surface area contributed by atoms with Crippen LogP contribution in [0.25, 0.3) is 0 Å². The van der Waals surface area contributed by atoms with Crippen molar-refractivity contribution in [2.45, 2.75) is 43.7 Å². The molecule has 0 bridgehead atoms. The summed E-state index contributed by atoms with van der Waals surface area (Å²) in [6, 6.07) is 0. The second-order valence-corrected chi connectivity index (χ2v) is 6.59. The van der Waals surface area contributed by atoms with Crippen molar-refractivity contribution in [1.29, 1.82) is 0 Å². The van der Waals surface area contributed by atoms with Gasteiger partial charge in [0, 0.05) is 32.6 Å². The second-order valence-electron chi connectivity index (χ2n) is 6.59. The smallest absolute Gasteiger partial charge is 0.248 e. The molecule has 2 heterocycles. The van der Waals surface area contributed by atoms with Gasteiger partial charge in [0.1, 0.15) is 5.54 Å². The molecule has 1 unspecified atom stereocenters. The van der Waals surface area contributed by atoms with E-state index in [0.29, 0.717) is 26.1 Å². The summed E-state index contributed by atoms with van der Waals surface area (Å²) in [6.07, 6.45) is 4.04. The Kier molecular flexibility index (Phi) is 4.17. The van der Waals surface area contributed by atoms with Crippen molar-refractivity contribution in [3.05, 3.63) is 0 Å². The Labute approximate surface area is 125 Å². The normalized spacial score (nSPS) is 30.5. The van der Waals surface area contributed by atoms with E-state index in [2.05, 4.69) is 17.3 Å². The Balaban J connectivity index is 1.71. The maximum atomic E-state index is 12.9. The van der Waals surface area contributed by atoms with Crippen LogP contribution in [0.4, 0.5) is 0 Å². The summed E-state index contributed by atoms with van der Waals surface area (Å²) in [5.74, 6) is 0.108. The molecule has 2 amide bonds. The third-order valence-corrected chi connectivity index (χ3v) is 4.91. The van der Waals surface area contributed by atoms with Gasteiger partial charge < -0.3 is 19.9 Å². The Morgan fingerprint density at radius 3 is 2.76 bits per heavy atom. The molecule has 6 nitrogen and oxygen atoms in total. The minimum absolute atomic E-state index is 0.00873. The third-order valence-electron chi connectivity index (χ3n) is 4.91. The largest absolute Gasteiger partial charge is 0.374 e. The van der Waals surface area contributed by atoms with Gasteiger partial charge in [0.15, 0.2) is 0 Å². The minimum atomic E-state index is -0.631. The highest BCUT2D eigenvalue weighted by molar-refractivity contribution is 5.93. The fourth-order valence-electron chi connectivity index (χ4n) is 3.74. The molecule has 0 radical (unpaired) electrons. The molecule has 118 valence electrons. The van der Waals surface area contributed by atoms with Gasteiger partial charge in [-0.1, -0.05) is 12.8 Å². The van der Waals surface area contributed by atoms with Crippen molar-refractivity contribution in [3.63, 3.8) is 0 Å². The Morgan fingerprint density at radius 2 is 2.05 bits per heavy atom. The van der Waals surface area contributed by atoms with Gasteiger partial charge in [-0.2, -0.15) is 0 Å². The van der Waals surface area contributed by atoms with Crippen LogP contribution in [-0.2, 0) is 14.3 Å². The van der Waals surface area contributed by atoms with Gasteiger partial charge >= 0.3 is 0 Å². The van der Waals surface area contributed by atoms with Crippen LogP contribution in [0.2, 0.25) is 0 Å². The van der Waals surface area contributed by atoms with Crippen molar-refractivity contribution < 1.29 is 14.3 Å². The van der Waals surface area contributed by atoms with Crippen molar-refractivity contribution in [1.82, 2.24) is 15.1 Å². The van der Waals surface area contributed by atoms with Crippen LogP contribution in [0.1, 0.15) is 32.1 Å². The van der Waals surface area contributed by atoms with Crippen LogP contribution in [0, 0.1) is 0 Å². The van der Waals surface area contributed by atoms with Crippen molar-refractivity contribution in [2.24, 2.45) is 0 Å². The number of likely N-dealkylation sites (N-methyl/N-ethyl adjacent to an activating group) is 1. The van der Waals surface area contributed by atoms with Crippen LogP contribution in [-0.4, -0.2) is 73.1 Å². The average Bonchev–Trinajstić information content (AvgIpc) is 2.88. The summed E-state index contributed by atoms with van der Waals surface area (Å²) in [5, 5.41) is 3.00. The van der Waals surface area contributed by atoms with Crippen LogP contribution in [0.15, 0.2) is 0 Å². The number of hydrogen-bond acceptors (Lipinski definition) is 4. The lowest BCUT2D eigenvalue weighted by molar-refractivity contribution is -0.141. The van der Waals surface area contributed by atoms with E-state index in [1.807, 2.05) is 4.90 Å². The molecule has 1 saturated carbocycles. The number of amides is 2. The topological polar surface area (TPSA) is 61.9 Å². The molecular weight excluding hydrogens is 270 g/mol. The Morgan fingerprint density at radius 1 is 1.29 bits per heavy atom. The van der Waals surface area contributed by atoms with Crippen LogP contribution in [0.3, 0.4) is 0 Å². The van der Waals surface area contributed by atoms with E-state index in [4.69, 9.17) is 4.74 Å². The molecule has 2 aliphatic heterocycles. The zero-order valence-corrected chi connectivity index (χ0v) is 12.8. The van der Waals surface area contributed by atoms with E-state index in [-0.39, 0.29) is 17.9 Å². The molecule has 0 aromatic carbocycles. The molecule has 6 heteroatoms. The summed E-state index contributed by atoms with van der Waals surface area (Å²) in [4.78, 5) is 28.9. The fraction of sp³-hybridized carbons (Fsp3) is 0.867. The first-order valence-electron chi connectivity index (χ1n) is 8.00. The lowest BCUT2D eigenvalue weighted by atomic mass is 9.95. The molecular formula is C15H25N3O3. The summed E-state index contributed by atoms with van der Waals surface area (Å²) in [5.41, 5.74) is -0.631. The molecule has 1 N–H and O–H groups in total. The third kappa shape index (κ3) is 3.06. The highest BCUT2D eigenvalue weighted by Crippen LogP contribution is 2.33. The van der Waals surface area contributed by atoms with E-state index < -0.39 is 5.54 Å². The number of morpholine rings is 1. The van der Waals surface area contributed by atoms with E-state index in [1.165, 1.54) is 0 Å². The Hall–Kier alpha value is -1.14. The van der Waals surface area contributed by atoms with Crippen molar-refractivity contribution in [2.75, 3.05) is 39.8 Å². The number of rotatable bonds is 2. The number of carbonyl (C=O) groups excluding carboxylic acids is 2. The molecule has 2 saturated heterocycles. The van der Waals surface area contributed by atoms with Crippen LogP contribution in [0.5, 0.6) is 0 Å². The highest BCUT2D eigenvalue weighted by atomic mass is 16.5. The monoisotopic (exact) mass is 295 g/mol. The minimum Gasteiger partial charge on any atom is -0.374 e. The molecule has 0 aromatic rings. The van der Waals surface area contributed by atoms with Gasteiger partial charge in [0.05, 0.1) is 12.7 Å². The molecule has 3 rings (SSSR count). The Bertz CT molecular complexity index is 420. The average molecular weight is 295 g/mol. The van der Waals surface area contributed by atoms with Gasteiger partial charge in [0.2, 0.25) is 11.8 Å². The quantitative estimate of drug-likeness (QED) is 0.778. The van der Waals surface area contributed by atoms with E-state index in [1.54, 1.807) is 0 Å². The molecule has 3 aliphatic rings. The SMILES string of the molecule is CN1CCOC(CN2CCC(=O)NC3(CCCC3)C2=O)C1. The van der Waals surface area contributed by atoms with Gasteiger partial charge in [-0.15, -0.1) is 0 Å². The zero-order chi connectivity index (χ0) is 14.9. The molecule has 1 spiro atoms. The standard InChI is InChI=1S/C15H25N3O3/c1-17-8-9-21-12(10-17)11-18-7-4-13(19)16-15(14(18)20)5-2-3-6-15/h12H,2-11H2,1H3,(H,16,19). The van der Waals surface area contributed by atoms with Gasteiger partial charge in [-0.3, -0.25) is 9.59 Å². The van der Waals surface area contributed by atoms with Gasteiger partial charge in [-0.25, -0.2) is 0 Å². The highest BCUT2D eigenvalue weighted by Gasteiger charge is 2.46. The molecule has 3 fully saturated rings. The number of hydrogen-bond donors (Lipinski definition) is 1. The summed E-state index contributed by atoms with van der Waals surface area (Å²) in [6.45, 7) is 3.61. The number of nitrogens with one attached hydrogen (secondary N) is 1. The molecule has 0 aromatic heterocycles. The first kappa shape index (κ1) is 14.8. The predicted octanol–water partition coefficient (Wildman–Crippen LogP) is -0.0217. The van der Waals surface area contributed by atoms with Crippen LogP contribution >= 0.6 is 0 Å². The van der Waals surface area contributed by atoms with Gasteiger partial charge in [-0.05, 0) is 19.9 Å². The second kappa shape index (κ2) is 5.93. The fourth-order valence-corrected chi connectivity index (χ4v) is 3.74. The zero-order valence-electron chi connectivity index (χ0n) is 12.8. The number of nitrogens with zero attached hydrogens (tertiary/aromatic N) is 2. The lowest BCUT2D eigenvalue weighted by Gasteiger charge is -2.36. The van der Waals surface area contributed by atoms with E-state index in [9.17, 15) is 9.59 Å². The number of ether oxygens (including phenoxy) is 1. The van der Waals surface area contributed by atoms with Crippen molar-refractivity contribution >= 4 is 11.8 Å². The molecule has 21 heavy (non-hydrogen) atoms. The first-order valence-corrected chi connectivity index (χ1v) is 8.00. The summed E-state index contributed by atoms with van der Waals surface area (Å²) in [7, 11) is 2.07. The van der Waals surface area contributed by atoms with Gasteiger partial charge in [0.25, 0.3) is 0 Å². The summed E-state index contributed by atoms with van der Waals surface area (Å²) >= 11 is 0. The predicted molar refractivity (Wildman–Crippen MR) is 77.8 cm³/mol. The molecule has 1 atom stereocenters. The molecule has 1 aliphatic carbocycles. The first-order chi connectivity index (χ1) is 10.1. The summed E-state index contributed by atoms with van der Waals surface area (Å²) < 4.78 is 5.78. The van der Waals surface area contributed by atoms with E-state index in [0.717, 1.165) is 38.8 Å². The maximum absolute atomic E-state index is 12.9. The van der Waals surface area contributed by atoms with Crippen LogP contribution < -0.4 is 5.32 Å². The van der Waals surface area contributed by atoms with E-state index >= 15 is 0 Å².